The first-order chi connectivity index (χ1) is 4.79. The lowest BCUT2D eigenvalue weighted by Gasteiger charge is -2.00. The molecule has 1 radical (unpaired) electrons. The smallest absolute Gasteiger partial charge is 0.0592 e. The van der Waals surface area contributed by atoms with E-state index >= 15 is 0 Å². The molecule has 1 rings (SSSR count). The summed E-state index contributed by atoms with van der Waals surface area (Å²) >= 11 is 0. The van der Waals surface area contributed by atoms with Crippen LogP contribution in [-0.4, -0.2) is 9.97 Å². The van der Waals surface area contributed by atoms with E-state index in [-0.39, 0.29) is 0 Å². The predicted molar refractivity (Wildman–Crippen MR) is 40.3 cm³/mol. The van der Waals surface area contributed by atoms with Crippen LogP contribution in [0.2, 0.25) is 0 Å². The van der Waals surface area contributed by atoms with Crippen molar-refractivity contribution in [2.24, 2.45) is 0 Å². The summed E-state index contributed by atoms with van der Waals surface area (Å²) < 4.78 is 0. The van der Waals surface area contributed by atoms with Crippen molar-refractivity contribution < 1.29 is 0 Å². The summed E-state index contributed by atoms with van der Waals surface area (Å²) in [5, 5.41) is 0. The standard InChI is InChI=1S/C8H11N2/c1-7(2)5-8-6-9-3-4-10-8/h3-4,6H,5H2,1-2H3. The predicted octanol–water partition coefficient (Wildman–Crippen LogP) is 1.63. The fourth-order valence-corrected chi connectivity index (χ4v) is 0.783. The van der Waals surface area contributed by atoms with Crippen LogP contribution in [0.3, 0.4) is 0 Å². The first kappa shape index (κ1) is 7.19. The van der Waals surface area contributed by atoms with Crippen molar-refractivity contribution in [3.63, 3.8) is 0 Å². The zero-order valence-electron chi connectivity index (χ0n) is 6.33. The Kier molecular flexibility index (Phi) is 2.37. The van der Waals surface area contributed by atoms with Gasteiger partial charge in [-0.1, -0.05) is 13.8 Å². The number of hydrogen-bond acceptors (Lipinski definition) is 2. The van der Waals surface area contributed by atoms with E-state index in [0.717, 1.165) is 12.1 Å². The lowest BCUT2D eigenvalue weighted by molar-refractivity contribution is 0.902. The molecule has 2 nitrogen and oxygen atoms in total. The SMILES string of the molecule is C[C](C)Cc1cnccn1. The molecule has 0 amide bonds. The Bertz CT molecular complexity index is 182. The Balaban J connectivity index is 2.59. The van der Waals surface area contributed by atoms with Crippen LogP contribution < -0.4 is 0 Å². The summed E-state index contributed by atoms with van der Waals surface area (Å²) in [5.41, 5.74) is 1.04. The summed E-state index contributed by atoms with van der Waals surface area (Å²) in [6.07, 6.45) is 6.15. The molecule has 0 bridgehead atoms. The van der Waals surface area contributed by atoms with Crippen LogP contribution in [0.25, 0.3) is 0 Å². The van der Waals surface area contributed by atoms with Gasteiger partial charge in [0.15, 0.2) is 0 Å². The highest BCUT2D eigenvalue weighted by Crippen LogP contribution is 2.03. The van der Waals surface area contributed by atoms with Crippen molar-refractivity contribution in [2.45, 2.75) is 20.3 Å². The van der Waals surface area contributed by atoms with Gasteiger partial charge in [-0.15, -0.1) is 0 Å². The largest absolute Gasteiger partial charge is 0.261 e. The van der Waals surface area contributed by atoms with E-state index in [2.05, 4.69) is 23.8 Å². The fourth-order valence-electron chi connectivity index (χ4n) is 0.783. The first-order valence-corrected chi connectivity index (χ1v) is 3.33. The van der Waals surface area contributed by atoms with Crippen molar-refractivity contribution >= 4 is 0 Å². The molecule has 0 atom stereocenters. The van der Waals surface area contributed by atoms with E-state index < -0.39 is 0 Å². The highest BCUT2D eigenvalue weighted by Gasteiger charge is 1.96. The summed E-state index contributed by atoms with van der Waals surface area (Å²) in [5.74, 6) is 1.36. The summed E-state index contributed by atoms with van der Waals surface area (Å²) in [6.45, 7) is 4.18. The zero-order valence-corrected chi connectivity index (χ0v) is 6.33. The van der Waals surface area contributed by atoms with Crippen LogP contribution >= 0.6 is 0 Å². The molecule has 0 saturated heterocycles. The van der Waals surface area contributed by atoms with Gasteiger partial charge >= 0.3 is 0 Å². The van der Waals surface area contributed by atoms with Crippen LogP contribution in [0.1, 0.15) is 19.5 Å². The van der Waals surface area contributed by atoms with E-state index in [4.69, 9.17) is 0 Å². The van der Waals surface area contributed by atoms with E-state index in [1.807, 2.05) is 0 Å². The molecule has 0 spiro atoms. The van der Waals surface area contributed by atoms with E-state index in [1.165, 1.54) is 5.92 Å². The van der Waals surface area contributed by atoms with Gasteiger partial charge in [-0.25, -0.2) is 0 Å². The maximum Gasteiger partial charge on any atom is 0.0592 e. The van der Waals surface area contributed by atoms with Gasteiger partial charge in [0.2, 0.25) is 0 Å². The third-order valence-electron chi connectivity index (χ3n) is 1.15. The van der Waals surface area contributed by atoms with Crippen molar-refractivity contribution in [3.8, 4) is 0 Å². The van der Waals surface area contributed by atoms with Crippen LogP contribution in [0.15, 0.2) is 18.6 Å². The summed E-state index contributed by atoms with van der Waals surface area (Å²) in [6, 6.07) is 0. The second-order valence-electron chi connectivity index (χ2n) is 2.58. The van der Waals surface area contributed by atoms with Crippen molar-refractivity contribution in [2.75, 3.05) is 0 Å². The fraction of sp³-hybridized carbons (Fsp3) is 0.375. The second kappa shape index (κ2) is 3.30. The van der Waals surface area contributed by atoms with Crippen molar-refractivity contribution in [1.82, 2.24) is 9.97 Å². The number of hydrogen-bond donors (Lipinski definition) is 0. The maximum atomic E-state index is 4.14. The third kappa shape index (κ3) is 2.13. The summed E-state index contributed by atoms with van der Waals surface area (Å²) in [7, 11) is 0. The molecule has 0 fully saturated rings. The molecule has 0 aliphatic rings. The van der Waals surface area contributed by atoms with E-state index in [0.29, 0.717) is 0 Å². The van der Waals surface area contributed by atoms with Crippen LogP contribution in [-0.2, 0) is 6.42 Å². The average Bonchev–Trinajstić information content (AvgIpc) is 1.88. The number of rotatable bonds is 2. The van der Waals surface area contributed by atoms with Gasteiger partial charge in [-0.3, -0.25) is 9.97 Å². The molecular formula is C8H11N2. The van der Waals surface area contributed by atoms with Crippen LogP contribution in [0.5, 0.6) is 0 Å². The lowest BCUT2D eigenvalue weighted by atomic mass is 10.1. The topological polar surface area (TPSA) is 25.8 Å². The zero-order chi connectivity index (χ0) is 7.40. The molecule has 10 heavy (non-hydrogen) atoms. The van der Waals surface area contributed by atoms with Gasteiger partial charge in [-0.2, -0.15) is 0 Å². The molecule has 0 unspecified atom stereocenters. The average molecular weight is 135 g/mol. The molecule has 0 aliphatic carbocycles. The Hall–Kier alpha value is -0.920. The van der Waals surface area contributed by atoms with Gasteiger partial charge in [0.05, 0.1) is 5.69 Å². The number of nitrogens with zero attached hydrogens (tertiary/aromatic N) is 2. The molecule has 0 saturated carbocycles. The van der Waals surface area contributed by atoms with Gasteiger partial charge < -0.3 is 0 Å². The molecule has 53 valence electrons. The third-order valence-corrected chi connectivity index (χ3v) is 1.15. The normalized spacial score (nSPS) is 10.3. The summed E-state index contributed by atoms with van der Waals surface area (Å²) in [4.78, 5) is 8.10. The minimum Gasteiger partial charge on any atom is -0.261 e. The molecule has 1 heterocycles. The van der Waals surface area contributed by atoms with Gasteiger partial charge in [0.25, 0.3) is 0 Å². The molecule has 0 aromatic carbocycles. The number of aromatic nitrogens is 2. The van der Waals surface area contributed by atoms with Gasteiger partial charge in [0.1, 0.15) is 0 Å². The molecule has 0 N–H and O–H groups in total. The highest BCUT2D eigenvalue weighted by atomic mass is 14.8. The highest BCUT2D eigenvalue weighted by molar-refractivity contribution is 5.01. The van der Waals surface area contributed by atoms with Crippen molar-refractivity contribution in [1.29, 1.82) is 0 Å². The minimum absolute atomic E-state index is 0.938. The van der Waals surface area contributed by atoms with Crippen LogP contribution in [0.4, 0.5) is 0 Å². The molecule has 2 heteroatoms. The quantitative estimate of drug-likeness (QED) is 0.616. The molecule has 1 aromatic heterocycles. The molecule has 1 aromatic rings. The van der Waals surface area contributed by atoms with E-state index in [9.17, 15) is 0 Å². The first-order valence-electron chi connectivity index (χ1n) is 3.33. The second-order valence-corrected chi connectivity index (χ2v) is 2.58. The Morgan fingerprint density at radius 1 is 1.40 bits per heavy atom. The van der Waals surface area contributed by atoms with Crippen LogP contribution in [0, 0.1) is 5.92 Å². The molecule has 0 aliphatic heterocycles. The monoisotopic (exact) mass is 135 g/mol. The Morgan fingerprint density at radius 2 is 2.20 bits per heavy atom. The maximum absolute atomic E-state index is 4.14. The van der Waals surface area contributed by atoms with Gasteiger partial charge in [0, 0.05) is 18.6 Å². The van der Waals surface area contributed by atoms with Gasteiger partial charge in [-0.05, 0) is 12.3 Å². The Morgan fingerprint density at radius 3 is 2.70 bits per heavy atom. The van der Waals surface area contributed by atoms with Crippen molar-refractivity contribution in [3.05, 3.63) is 30.2 Å². The molecular weight excluding hydrogens is 124 g/mol. The lowest BCUT2D eigenvalue weighted by Crippen LogP contribution is -1.94. The Labute approximate surface area is 61.3 Å². The van der Waals surface area contributed by atoms with E-state index in [1.54, 1.807) is 18.6 Å². The minimum atomic E-state index is 0.938.